The van der Waals surface area contributed by atoms with E-state index < -0.39 is 0 Å². The van der Waals surface area contributed by atoms with E-state index in [1.54, 1.807) is 6.92 Å². The van der Waals surface area contributed by atoms with Crippen LogP contribution < -0.4 is 0 Å². The van der Waals surface area contributed by atoms with E-state index in [1.807, 2.05) is 0 Å². The van der Waals surface area contributed by atoms with Crippen LogP contribution in [0.2, 0.25) is 0 Å². The summed E-state index contributed by atoms with van der Waals surface area (Å²) in [6.45, 7) is 6.28. The van der Waals surface area contributed by atoms with E-state index in [9.17, 15) is 4.79 Å². The molecule has 0 N–H and O–H groups in total. The fraction of sp³-hybridized carbons (Fsp3) is 0.706. The summed E-state index contributed by atoms with van der Waals surface area (Å²) < 4.78 is 0. The van der Waals surface area contributed by atoms with Gasteiger partial charge in [0.15, 0.2) is 0 Å². The fourth-order valence-electron chi connectivity index (χ4n) is 3.30. The molecule has 0 spiro atoms. The molecular formula is C17H24O. The molecule has 2 atom stereocenters. The molecule has 0 radical (unpaired) electrons. The minimum atomic E-state index is 0.267. The Bertz CT molecular complexity index is 417. The molecule has 1 heteroatoms. The summed E-state index contributed by atoms with van der Waals surface area (Å²) in [5.74, 6) is 7.85. The predicted molar refractivity (Wildman–Crippen MR) is 75.0 cm³/mol. The molecule has 2 aliphatic rings. The third-order valence-corrected chi connectivity index (χ3v) is 4.62. The summed E-state index contributed by atoms with van der Waals surface area (Å²) in [6, 6.07) is 0. The van der Waals surface area contributed by atoms with Crippen molar-refractivity contribution < 1.29 is 4.79 Å². The van der Waals surface area contributed by atoms with E-state index in [4.69, 9.17) is 0 Å². The van der Waals surface area contributed by atoms with Crippen molar-refractivity contribution in [1.29, 1.82) is 0 Å². The second-order valence-corrected chi connectivity index (χ2v) is 6.45. The molecule has 0 saturated heterocycles. The quantitative estimate of drug-likeness (QED) is 0.667. The summed E-state index contributed by atoms with van der Waals surface area (Å²) in [7, 11) is 0. The first-order valence-electron chi connectivity index (χ1n) is 7.20. The highest BCUT2D eigenvalue weighted by atomic mass is 16.1. The van der Waals surface area contributed by atoms with Crippen LogP contribution in [0.1, 0.15) is 59.3 Å². The monoisotopic (exact) mass is 244 g/mol. The Morgan fingerprint density at radius 2 is 2.22 bits per heavy atom. The highest BCUT2D eigenvalue weighted by Crippen LogP contribution is 2.38. The van der Waals surface area contributed by atoms with Gasteiger partial charge in [-0.2, -0.15) is 0 Å². The molecule has 0 aromatic heterocycles. The van der Waals surface area contributed by atoms with Crippen LogP contribution in [0.25, 0.3) is 0 Å². The van der Waals surface area contributed by atoms with Crippen LogP contribution in [0.4, 0.5) is 0 Å². The van der Waals surface area contributed by atoms with Gasteiger partial charge in [0.05, 0.1) is 0 Å². The smallest absolute Gasteiger partial charge is 0.133 e. The van der Waals surface area contributed by atoms with E-state index in [0.717, 1.165) is 19.3 Å². The standard InChI is InChI=1S/C17H24O/c1-13(18)16-11-5-8-14(16)7-4-9-15-10-6-12-17(15,2)3/h10,14,16H,5-8,11-12H2,1-3H3/t14-,16+/m1/s1. The molecule has 0 bridgehead atoms. The van der Waals surface area contributed by atoms with Gasteiger partial charge in [0.2, 0.25) is 0 Å². The van der Waals surface area contributed by atoms with E-state index in [0.29, 0.717) is 11.7 Å². The molecule has 1 fully saturated rings. The van der Waals surface area contributed by atoms with Gasteiger partial charge in [-0.05, 0) is 43.9 Å². The molecule has 0 aliphatic heterocycles. The molecule has 98 valence electrons. The first-order valence-corrected chi connectivity index (χ1v) is 7.20. The van der Waals surface area contributed by atoms with Crippen molar-refractivity contribution in [3.05, 3.63) is 11.6 Å². The average Bonchev–Trinajstić information content (AvgIpc) is 2.86. The van der Waals surface area contributed by atoms with E-state index in [-0.39, 0.29) is 11.3 Å². The van der Waals surface area contributed by atoms with Gasteiger partial charge in [0.25, 0.3) is 0 Å². The molecule has 0 unspecified atom stereocenters. The molecule has 2 aliphatic carbocycles. The summed E-state index contributed by atoms with van der Waals surface area (Å²) in [6.07, 6.45) is 9.02. The Hall–Kier alpha value is -1.03. The van der Waals surface area contributed by atoms with Crippen LogP contribution in [0, 0.1) is 29.1 Å². The highest BCUT2D eigenvalue weighted by Gasteiger charge is 2.30. The number of hydrogen-bond acceptors (Lipinski definition) is 1. The third kappa shape index (κ3) is 2.86. The summed E-state index contributed by atoms with van der Waals surface area (Å²) in [5.41, 5.74) is 1.57. The maximum Gasteiger partial charge on any atom is 0.133 e. The van der Waals surface area contributed by atoms with Crippen molar-refractivity contribution in [2.24, 2.45) is 17.3 Å². The van der Waals surface area contributed by atoms with Crippen LogP contribution in [0.3, 0.4) is 0 Å². The summed E-state index contributed by atoms with van der Waals surface area (Å²) in [5, 5.41) is 0. The maximum absolute atomic E-state index is 11.5. The Morgan fingerprint density at radius 3 is 2.83 bits per heavy atom. The minimum absolute atomic E-state index is 0.267. The Labute approximate surface area is 111 Å². The first-order chi connectivity index (χ1) is 8.50. The minimum Gasteiger partial charge on any atom is -0.300 e. The number of allylic oxidation sites excluding steroid dienone is 2. The lowest BCUT2D eigenvalue weighted by Crippen LogP contribution is -2.15. The Balaban J connectivity index is 1.94. The zero-order valence-corrected chi connectivity index (χ0v) is 11.9. The maximum atomic E-state index is 11.5. The second-order valence-electron chi connectivity index (χ2n) is 6.45. The summed E-state index contributed by atoms with van der Waals surface area (Å²) in [4.78, 5) is 11.5. The van der Waals surface area contributed by atoms with Crippen molar-refractivity contribution in [3.8, 4) is 11.8 Å². The zero-order chi connectivity index (χ0) is 13.2. The number of rotatable bonds is 2. The van der Waals surface area contributed by atoms with Gasteiger partial charge in [-0.25, -0.2) is 0 Å². The van der Waals surface area contributed by atoms with Gasteiger partial charge in [-0.15, -0.1) is 0 Å². The average molecular weight is 244 g/mol. The van der Waals surface area contributed by atoms with Crippen molar-refractivity contribution in [2.45, 2.75) is 59.3 Å². The zero-order valence-electron chi connectivity index (χ0n) is 11.9. The molecule has 0 aromatic carbocycles. The SMILES string of the molecule is CC(=O)[C@@H]1CCC[C@H]1CC#CC1=CCCC1(C)C. The predicted octanol–water partition coefficient (Wildman–Crippen LogP) is 4.13. The van der Waals surface area contributed by atoms with Gasteiger partial charge in [-0.3, -0.25) is 4.79 Å². The molecule has 0 heterocycles. The van der Waals surface area contributed by atoms with Crippen molar-refractivity contribution in [3.63, 3.8) is 0 Å². The van der Waals surface area contributed by atoms with E-state index in [1.165, 1.54) is 24.8 Å². The van der Waals surface area contributed by atoms with Gasteiger partial charge < -0.3 is 0 Å². The van der Waals surface area contributed by atoms with Gasteiger partial charge in [0, 0.05) is 17.9 Å². The topological polar surface area (TPSA) is 17.1 Å². The van der Waals surface area contributed by atoms with E-state index >= 15 is 0 Å². The number of ketones is 1. The number of Topliss-reactive ketones (excluding diaryl/α,β-unsaturated/α-hetero) is 1. The van der Waals surface area contributed by atoms with Gasteiger partial charge in [0.1, 0.15) is 5.78 Å². The number of hydrogen-bond donors (Lipinski definition) is 0. The molecular weight excluding hydrogens is 220 g/mol. The lowest BCUT2D eigenvalue weighted by Gasteiger charge is -2.18. The van der Waals surface area contributed by atoms with E-state index in [2.05, 4.69) is 31.8 Å². The number of carbonyl (C=O) groups excluding carboxylic acids is 1. The van der Waals surface area contributed by atoms with Gasteiger partial charge in [-0.1, -0.05) is 38.2 Å². The summed E-state index contributed by atoms with van der Waals surface area (Å²) >= 11 is 0. The number of carbonyl (C=O) groups is 1. The van der Waals surface area contributed by atoms with Crippen LogP contribution in [-0.2, 0) is 4.79 Å². The molecule has 0 amide bonds. The van der Waals surface area contributed by atoms with Crippen LogP contribution in [-0.4, -0.2) is 5.78 Å². The van der Waals surface area contributed by atoms with Crippen LogP contribution in [0.15, 0.2) is 11.6 Å². The fourth-order valence-corrected chi connectivity index (χ4v) is 3.30. The largest absolute Gasteiger partial charge is 0.300 e. The van der Waals surface area contributed by atoms with Gasteiger partial charge >= 0.3 is 0 Å². The molecule has 1 nitrogen and oxygen atoms in total. The molecule has 2 rings (SSSR count). The Kier molecular flexibility index (Phi) is 3.95. The lowest BCUT2D eigenvalue weighted by atomic mass is 9.85. The molecule has 18 heavy (non-hydrogen) atoms. The second kappa shape index (κ2) is 5.31. The molecule has 0 aromatic rings. The van der Waals surface area contributed by atoms with Crippen molar-refractivity contribution in [2.75, 3.05) is 0 Å². The van der Waals surface area contributed by atoms with Crippen molar-refractivity contribution >= 4 is 5.78 Å². The van der Waals surface area contributed by atoms with Crippen LogP contribution in [0.5, 0.6) is 0 Å². The Morgan fingerprint density at radius 1 is 1.44 bits per heavy atom. The third-order valence-electron chi connectivity index (χ3n) is 4.62. The molecule has 1 saturated carbocycles. The first kappa shape index (κ1) is 13.4. The van der Waals surface area contributed by atoms with Crippen molar-refractivity contribution in [1.82, 2.24) is 0 Å². The lowest BCUT2D eigenvalue weighted by molar-refractivity contribution is -0.121. The normalized spacial score (nSPS) is 29.6. The van der Waals surface area contributed by atoms with Crippen LogP contribution >= 0.6 is 0 Å². The highest BCUT2D eigenvalue weighted by molar-refractivity contribution is 5.78.